The number of carbonyl (C=O) groups excluding carboxylic acids is 2. The maximum atomic E-state index is 12.7. The van der Waals surface area contributed by atoms with Gasteiger partial charge < -0.3 is 14.5 Å². The molecule has 2 fully saturated rings. The average Bonchev–Trinajstić information content (AvgIpc) is 2.51. The van der Waals surface area contributed by atoms with E-state index in [-0.39, 0.29) is 17.4 Å². The summed E-state index contributed by atoms with van der Waals surface area (Å²) in [6.07, 6.45) is 1.67. The van der Waals surface area contributed by atoms with Crippen molar-refractivity contribution in [2.45, 2.75) is 39.2 Å². The van der Waals surface area contributed by atoms with Crippen LogP contribution in [-0.4, -0.2) is 53.6 Å². The highest BCUT2D eigenvalue weighted by Gasteiger charge is 2.48. The minimum absolute atomic E-state index is 0.114. The summed E-state index contributed by atoms with van der Waals surface area (Å²) < 4.78 is 6.42. The molecule has 136 valence electrons. The van der Waals surface area contributed by atoms with Crippen molar-refractivity contribution in [3.63, 3.8) is 0 Å². The van der Waals surface area contributed by atoms with Crippen LogP contribution in [0.1, 0.15) is 44.0 Å². The van der Waals surface area contributed by atoms with Crippen LogP contribution in [-0.2, 0) is 4.74 Å². The Balaban J connectivity index is 1.53. The highest BCUT2D eigenvalue weighted by Crippen LogP contribution is 2.41. The second kappa shape index (κ2) is 6.78. The van der Waals surface area contributed by atoms with E-state index in [1.54, 1.807) is 4.90 Å². The molecule has 0 bridgehead atoms. The zero-order valence-electron chi connectivity index (χ0n) is 15.0. The fourth-order valence-corrected chi connectivity index (χ4v) is 4.14. The molecule has 2 aliphatic heterocycles. The molecule has 1 spiro atoms. The second-order valence-corrected chi connectivity index (χ2v) is 9.27. The molecule has 6 heteroatoms. The van der Waals surface area contributed by atoms with Crippen LogP contribution in [0.3, 0.4) is 0 Å². The van der Waals surface area contributed by atoms with Crippen LogP contribution in [0.25, 0.3) is 0 Å². The van der Waals surface area contributed by atoms with Gasteiger partial charge >= 0.3 is 6.09 Å². The minimum Gasteiger partial charge on any atom is -0.444 e. The molecule has 0 aliphatic carbocycles. The number of rotatable bonds is 1. The van der Waals surface area contributed by atoms with Gasteiger partial charge in [-0.05, 0) is 68.3 Å². The van der Waals surface area contributed by atoms with E-state index in [1.807, 2.05) is 49.9 Å². The van der Waals surface area contributed by atoms with Gasteiger partial charge in [0.1, 0.15) is 5.60 Å². The Kier molecular flexibility index (Phi) is 5.01. The lowest BCUT2D eigenvalue weighted by atomic mass is 9.72. The number of amides is 2. The minimum atomic E-state index is -0.456. The summed E-state index contributed by atoms with van der Waals surface area (Å²) in [5.74, 6) is 0.114. The first-order chi connectivity index (χ1) is 11.7. The normalized spacial score (nSPS) is 19.5. The van der Waals surface area contributed by atoms with Crippen LogP contribution in [0.2, 0.25) is 0 Å². The summed E-state index contributed by atoms with van der Waals surface area (Å²) in [6.45, 7) is 8.65. The maximum absolute atomic E-state index is 12.7. The highest BCUT2D eigenvalue weighted by atomic mass is 127. The molecule has 1 aromatic carbocycles. The molecule has 0 N–H and O–H groups in total. The Morgan fingerprint density at radius 3 is 2.24 bits per heavy atom. The largest absolute Gasteiger partial charge is 0.444 e. The van der Waals surface area contributed by atoms with Crippen molar-refractivity contribution in [3.8, 4) is 0 Å². The van der Waals surface area contributed by atoms with Crippen LogP contribution >= 0.6 is 22.6 Å². The topological polar surface area (TPSA) is 49.9 Å². The van der Waals surface area contributed by atoms with Crippen LogP contribution in [0.5, 0.6) is 0 Å². The first-order valence-electron chi connectivity index (χ1n) is 8.71. The molecule has 2 heterocycles. The lowest BCUT2D eigenvalue weighted by Gasteiger charge is -2.53. The third-order valence-corrected chi connectivity index (χ3v) is 5.86. The van der Waals surface area contributed by atoms with Crippen molar-refractivity contribution in [2.24, 2.45) is 5.41 Å². The van der Waals surface area contributed by atoms with Gasteiger partial charge in [-0.15, -0.1) is 0 Å². The fraction of sp³-hybridized carbons (Fsp3) is 0.579. The first kappa shape index (κ1) is 18.5. The maximum Gasteiger partial charge on any atom is 0.410 e. The second-order valence-electron chi connectivity index (χ2n) is 8.11. The van der Waals surface area contributed by atoms with E-state index < -0.39 is 5.60 Å². The molecule has 0 atom stereocenters. The molecule has 1 aromatic rings. The third-order valence-electron chi connectivity index (χ3n) is 4.92. The van der Waals surface area contributed by atoms with E-state index in [2.05, 4.69) is 22.6 Å². The molecule has 5 nitrogen and oxygen atoms in total. The number of nitrogens with zero attached hydrogens (tertiary/aromatic N) is 2. The molecule has 2 amide bonds. The van der Waals surface area contributed by atoms with Crippen LogP contribution < -0.4 is 0 Å². The summed E-state index contributed by atoms with van der Waals surface area (Å²) in [6, 6.07) is 7.71. The summed E-state index contributed by atoms with van der Waals surface area (Å²) in [4.78, 5) is 28.5. The lowest BCUT2D eigenvalue weighted by molar-refractivity contribution is -0.0563. The Hall–Kier alpha value is -1.31. The van der Waals surface area contributed by atoms with Crippen molar-refractivity contribution >= 4 is 34.6 Å². The van der Waals surface area contributed by atoms with Gasteiger partial charge in [0.2, 0.25) is 0 Å². The quantitative estimate of drug-likeness (QED) is 0.605. The lowest BCUT2D eigenvalue weighted by Crippen LogP contribution is -2.62. The van der Waals surface area contributed by atoms with Crippen LogP contribution in [0.4, 0.5) is 4.79 Å². The predicted molar refractivity (Wildman–Crippen MR) is 105 cm³/mol. The van der Waals surface area contributed by atoms with E-state index in [0.717, 1.165) is 48.2 Å². The molecular formula is C19H25IN2O3. The summed E-state index contributed by atoms with van der Waals surface area (Å²) in [5.41, 5.74) is 0.489. The first-order valence-corrected chi connectivity index (χ1v) is 9.79. The van der Waals surface area contributed by atoms with E-state index in [9.17, 15) is 9.59 Å². The zero-order valence-corrected chi connectivity index (χ0v) is 17.2. The summed E-state index contributed by atoms with van der Waals surface area (Å²) in [7, 11) is 0. The van der Waals surface area contributed by atoms with Crippen LogP contribution in [0.15, 0.2) is 24.3 Å². The number of ether oxygens (including phenoxy) is 1. The summed E-state index contributed by atoms with van der Waals surface area (Å²) >= 11 is 2.21. The molecule has 0 saturated carbocycles. The number of piperidine rings is 1. The van der Waals surface area contributed by atoms with Gasteiger partial charge in [-0.25, -0.2) is 4.79 Å². The number of carbonyl (C=O) groups is 2. The number of hydrogen-bond acceptors (Lipinski definition) is 3. The van der Waals surface area contributed by atoms with Crippen LogP contribution in [0, 0.1) is 8.99 Å². The van der Waals surface area contributed by atoms with E-state index >= 15 is 0 Å². The average molecular weight is 456 g/mol. The zero-order chi connectivity index (χ0) is 18.2. The van der Waals surface area contributed by atoms with E-state index in [4.69, 9.17) is 4.74 Å². The molecular weight excluding hydrogens is 431 g/mol. The summed E-state index contributed by atoms with van der Waals surface area (Å²) in [5, 5.41) is 0. The molecule has 3 rings (SSSR count). The van der Waals surface area contributed by atoms with Crippen molar-refractivity contribution in [2.75, 3.05) is 26.2 Å². The van der Waals surface area contributed by atoms with Crippen molar-refractivity contribution < 1.29 is 14.3 Å². The molecule has 0 unspecified atom stereocenters. The number of benzene rings is 1. The van der Waals surface area contributed by atoms with E-state index in [1.165, 1.54) is 0 Å². The van der Waals surface area contributed by atoms with Crippen molar-refractivity contribution in [1.29, 1.82) is 0 Å². The van der Waals surface area contributed by atoms with Gasteiger partial charge in [0, 0.05) is 35.2 Å². The monoisotopic (exact) mass is 456 g/mol. The van der Waals surface area contributed by atoms with Crippen molar-refractivity contribution in [3.05, 3.63) is 33.4 Å². The molecule has 0 radical (unpaired) electrons. The van der Waals surface area contributed by atoms with Gasteiger partial charge in [-0.3, -0.25) is 4.79 Å². The van der Waals surface area contributed by atoms with Gasteiger partial charge in [-0.2, -0.15) is 0 Å². The number of hydrogen-bond donors (Lipinski definition) is 0. The van der Waals surface area contributed by atoms with Crippen molar-refractivity contribution in [1.82, 2.24) is 9.80 Å². The van der Waals surface area contributed by atoms with Gasteiger partial charge in [0.25, 0.3) is 5.91 Å². The van der Waals surface area contributed by atoms with Gasteiger partial charge in [0.15, 0.2) is 0 Å². The Bertz CT molecular complexity index is 667. The number of likely N-dealkylation sites (tertiary alicyclic amines) is 2. The standard InChI is InChI=1S/C19H25IN2O3/c1-18(2,3)25-17(24)22-12-19(13-22)8-10-21(11-9-19)16(23)14-6-4-5-7-15(14)20/h4-7H,8-13H2,1-3H3. The number of halogens is 1. The highest BCUT2D eigenvalue weighted by molar-refractivity contribution is 14.1. The fourth-order valence-electron chi connectivity index (χ4n) is 3.52. The smallest absolute Gasteiger partial charge is 0.410 e. The predicted octanol–water partition coefficient (Wildman–Crippen LogP) is 3.76. The van der Waals surface area contributed by atoms with Gasteiger partial charge in [0.05, 0.1) is 5.56 Å². The van der Waals surface area contributed by atoms with Gasteiger partial charge in [-0.1, -0.05) is 12.1 Å². The Morgan fingerprint density at radius 1 is 1.08 bits per heavy atom. The molecule has 0 aromatic heterocycles. The van der Waals surface area contributed by atoms with E-state index in [0.29, 0.717) is 0 Å². The Morgan fingerprint density at radius 2 is 1.68 bits per heavy atom. The third kappa shape index (κ3) is 4.10. The SMILES string of the molecule is CC(C)(C)OC(=O)N1CC2(CCN(C(=O)c3ccccc3I)CC2)C1. The molecule has 2 aliphatic rings. The molecule has 2 saturated heterocycles. The Labute approximate surface area is 162 Å². The molecule has 25 heavy (non-hydrogen) atoms.